The molecule has 4 nitrogen and oxygen atoms in total. The van der Waals surface area contributed by atoms with Crippen LogP contribution in [0.15, 0.2) is 29.3 Å². The number of aliphatic imine (C=N–C) groups is 1. The number of nitrogens with zero attached hydrogens (tertiary/aromatic N) is 1. The standard InChI is InChI=1S/C17H26FN3O/c1-2-19-17(21-11-9-16-7-4-12-22-16)20-10-8-14-5-3-6-15(18)13-14/h3,5-6,13,16H,2,4,7-12H2,1H3,(H2,19,20,21). The van der Waals surface area contributed by atoms with E-state index in [4.69, 9.17) is 4.74 Å². The van der Waals surface area contributed by atoms with Crippen molar-refractivity contribution in [3.63, 3.8) is 0 Å². The Labute approximate surface area is 132 Å². The average molecular weight is 307 g/mol. The highest BCUT2D eigenvalue weighted by molar-refractivity contribution is 5.79. The molecule has 2 N–H and O–H groups in total. The van der Waals surface area contributed by atoms with E-state index in [1.807, 2.05) is 13.0 Å². The summed E-state index contributed by atoms with van der Waals surface area (Å²) in [5.74, 6) is 0.631. The molecule has 0 spiro atoms. The third-order valence-electron chi connectivity index (χ3n) is 3.68. The van der Waals surface area contributed by atoms with Crippen molar-refractivity contribution in [3.8, 4) is 0 Å². The van der Waals surface area contributed by atoms with Gasteiger partial charge in [-0.1, -0.05) is 12.1 Å². The lowest BCUT2D eigenvalue weighted by molar-refractivity contribution is 0.106. The molecule has 0 radical (unpaired) electrons. The van der Waals surface area contributed by atoms with Crippen LogP contribution in [0.4, 0.5) is 4.39 Å². The van der Waals surface area contributed by atoms with E-state index in [2.05, 4.69) is 15.6 Å². The molecule has 1 fully saturated rings. The zero-order valence-corrected chi connectivity index (χ0v) is 13.3. The molecule has 1 aromatic carbocycles. The van der Waals surface area contributed by atoms with E-state index in [1.54, 1.807) is 12.1 Å². The molecule has 1 saturated heterocycles. The smallest absolute Gasteiger partial charge is 0.191 e. The Balaban J connectivity index is 1.72. The predicted octanol–water partition coefficient (Wildman–Crippen LogP) is 2.49. The molecular weight excluding hydrogens is 281 g/mol. The summed E-state index contributed by atoms with van der Waals surface area (Å²) in [4.78, 5) is 4.57. The minimum absolute atomic E-state index is 0.186. The summed E-state index contributed by atoms with van der Waals surface area (Å²) in [5, 5.41) is 6.52. The first kappa shape index (κ1) is 16.7. The van der Waals surface area contributed by atoms with E-state index in [1.165, 1.54) is 12.5 Å². The number of nitrogens with one attached hydrogen (secondary N) is 2. The Bertz CT molecular complexity index is 473. The van der Waals surface area contributed by atoms with Gasteiger partial charge in [-0.05, 0) is 50.3 Å². The molecule has 22 heavy (non-hydrogen) atoms. The second kappa shape index (κ2) is 9.41. The van der Waals surface area contributed by atoms with Crippen molar-refractivity contribution in [1.29, 1.82) is 0 Å². The molecule has 5 heteroatoms. The Hall–Kier alpha value is -1.62. The Morgan fingerprint density at radius 3 is 3.05 bits per heavy atom. The monoisotopic (exact) mass is 307 g/mol. The molecule has 122 valence electrons. The Morgan fingerprint density at radius 2 is 2.32 bits per heavy atom. The fourth-order valence-electron chi connectivity index (χ4n) is 2.55. The zero-order valence-electron chi connectivity index (χ0n) is 13.3. The van der Waals surface area contributed by atoms with Crippen molar-refractivity contribution in [1.82, 2.24) is 10.6 Å². The number of ether oxygens (including phenoxy) is 1. The van der Waals surface area contributed by atoms with Crippen LogP contribution in [0, 0.1) is 5.82 Å². The molecule has 0 aromatic heterocycles. The quantitative estimate of drug-likeness (QED) is 0.601. The number of guanidine groups is 1. The molecule has 1 atom stereocenters. The van der Waals surface area contributed by atoms with Crippen LogP contribution in [-0.4, -0.2) is 38.3 Å². The van der Waals surface area contributed by atoms with Crippen molar-refractivity contribution in [3.05, 3.63) is 35.6 Å². The Morgan fingerprint density at radius 1 is 1.41 bits per heavy atom. The van der Waals surface area contributed by atoms with E-state index < -0.39 is 0 Å². The number of hydrogen-bond donors (Lipinski definition) is 2. The number of halogens is 1. The van der Waals surface area contributed by atoms with Crippen LogP contribution in [0.25, 0.3) is 0 Å². The molecule has 1 aliphatic heterocycles. The van der Waals surface area contributed by atoms with Gasteiger partial charge in [-0.25, -0.2) is 4.39 Å². The lowest BCUT2D eigenvalue weighted by Crippen LogP contribution is -2.38. The van der Waals surface area contributed by atoms with E-state index >= 15 is 0 Å². The number of hydrogen-bond acceptors (Lipinski definition) is 2. The summed E-state index contributed by atoms with van der Waals surface area (Å²) < 4.78 is 18.7. The van der Waals surface area contributed by atoms with Crippen molar-refractivity contribution in [2.45, 2.75) is 38.7 Å². The van der Waals surface area contributed by atoms with Gasteiger partial charge in [0.05, 0.1) is 6.10 Å². The maximum absolute atomic E-state index is 13.1. The molecule has 0 bridgehead atoms. The first-order valence-corrected chi connectivity index (χ1v) is 8.16. The highest BCUT2D eigenvalue weighted by atomic mass is 19.1. The normalized spacial score (nSPS) is 18.5. The minimum atomic E-state index is -0.186. The summed E-state index contributed by atoms with van der Waals surface area (Å²) in [7, 11) is 0. The lowest BCUT2D eigenvalue weighted by atomic mass is 10.1. The lowest BCUT2D eigenvalue weighted by Gasteiger charge is -2.12. The largest absolute Gasteiger partial charge is 0.378 e. The summed E-state index contributed by atoms with van der Waals surface area (Å²) in [6, 6.07) is 6.72. The van der Waals surface area contributed by atoms with Gasteiger partial charge >= 0.3 is 0 Å². The maximum atomic E-state index is 13.1. The van der Waals surface area contributed by atoms with Crippen LogP contribution in [0.5, 0.6) is 0 Å². The average Bonchev–Trinajstić information content (AvgIpc) is 3.01. The molecule has 1 aliphatic rings. The van der Waals surface area contributed by atoms with E-state index in [-0.39, 0.29) is 5.82 Å². The van der Waals surface area contributed by atoms with E-state index in [0.717, 1.165) is 57.0 Å². The van der Waals surface area contributed by atoms with Crippen LogP contribution in [0.3, 0.4) is 0 Å². The molecule has 2 rings (SSSR count). The van der Waals surface area contributed by atoms with Crippen molar-refractivity contribution in [2.24, 2.45) is 4.99 Å². The minimum Gasteiger partial charge on any atom is -0.378 e. The third-order valence-corrected chi connectivity index (χ3v) is 3.68. The van der Waals surface area contributed by atoms with Crippen LogP contribution in [0.2, 0.25) is 0 Å². The van der Waals surface area contributed by atoms with Crippen molar-refractivity contribution >= 4 is 5.96 Å². The summed E-state index contributed by atoms with van der Waals surface area (Å²) in [6.07, 6.45) is 4.44. The van der Waals surface area contributed by atoms with Gasteiger partial charge in [-0.2, -0.15) is 0 Å². The molecule has 1 aromatic rings. The highest BCUT2D eigenvalue weighted by Crippen LogP contribution is 2.14. The second-order valence-electron chi connectivity index (χ2n) is 5.49. The van der Waals surface area contributed by atoms with Gasteiger partial charge < -0.3 is 15.4 Å². The van der Waals surface area contributed by atoms with Crippen LogP contribution < -0.4 is 10.6 Å². The Kier molecular flexibility index (Phi) is 7.16. The van der Waals surface area contributed by atoms with Crippen LogP contribution in [0.1, 0.15) is 31.7 Å². The number of benzene rings is 1. The second-order valence-corrected chi connectivity index (χ2v) is 5.49. The molecule has 0 saturated carbocycles. The molecule has 1 heterocycles. The SMILES string of the molecule is CCNC(=NCCC1CCCO1)NCCc1cccc(F)c1. The van der Waals surface area contributed by atoms with E-state index in [0.29, 0.717) is 6.10 Å². The molecule has 0 aliphatic carbocycles. The first-order chi connectivity index (χ1) is 10.8. The molecule has 0 amide bonds. The molecular formula is C17H26FN3O. The van der Waals surface area contributed by atoms with Crippen LogP contribution in [-0.2, 0) is 11.2 Å². The van der Waals surface area contributed by atoms with Gasteiger partial charge in [0.1, 0.15) is 5.82 Å². The van der Waals surface area contributed by atoms with Crippen molar-refractivity contribution in [2.75, 3.05) is 26.2 Å². The van der Waals surface area contributed by atoms with Gasteiger partial charge in [0, 0.05) is 26.2 Å². The zero-order chi connectivity index (χ0) is 15.6. The predicted molar refractivity (Wildman–Crippen MR) is 87.7 cm³/mol. The summed E-state index contributed by atoms with van der Waals surface area (Å²) in [5.41, 5.74) is 0.989. The van der Waals surface area contributed by atoms with Crippen molar-refractivity contribution < 1.29 is 9.13 Å². The first-order valence-electron chi connectivity index (χ1n) is 8.16. The van der Waals surface area contributed by atoms with Gasteiger partial charge in [-0.3, -0.25) is 4.99 Å². The maximum Gasteiger partial charge on any atom is 0.191 e. The fourth-order valence-corrected chi connectivity index (χ4v) is 2.55. The van der Waals surface area contributed by atoms with Gasteiger partial charge in [0.25, 0.3) is 0 Å². The van der Waals surface area contributed by atoms with Gasteiger partial charge in [-0.15, -0.1) is 0 Å². The summed E-state index contributed by atoms with van der Waals surface area (Å²) >= 11 is 0. The van der Waals surface area contributed by atoms with Gasteiger partial charge in [0.2, 0.25) is 0 Å². The fraction of sp³-hybridized carbons (Fsp3) is 0.588. The topological polar surface area (TPSA) is 45.7 Å². The van der Waals surface area contributed by atoms with Crippen LogP contribution >= 0.6 is 0 Å². The van der Waals surface area contributed by atoms with Gasteiger partial charge in [0.15, 0.2) is 5.96 Å². The highest BCUT2D eigenvalue weighted by Gasteiger charge is 2.14. The molecule has 1 unspecified atom stereocenters. The van der Waals surface area contributed by atoms with E-state index in [9.17, 15) is 4.39 Å². The number of rotatable bonds is 7. The summed E-state index contributed by atoms with van der Waals surface area (Å²) in [6.45, 7) is 5.26. The third kappa shape index (κ3) is 6.02.